The van der Waals surface area contributed by atoms with Crippen LogP contribution in [0.15, 0.2) is 12.3 Å². The third kappa shape index (κ3) is 2.13. The molecule has 0 saturated carbocycles. The van der Waals surface area contributed by atoms with Gasteiger partial charge in [-0.3, -0.25) is 9.48 Å². The van der Waals surface area contributed by atoms with Crippen molar-refractivity contribution in [2.45, 2.75) is 32.7 Å². The van der Waals surface area contributed by atoms with E-state index in [4.69, 9.17) is 5.73 Å². The number of hydrogen-bond donors (Lipinski definition) is 2. The van der Waals surface area contributed by atoms with Gasteiger partial charge in [-0.1, -0.05) is 13.8 Å². The first kappa shape index (κ1) is 14.9. The highest BCUT2D eigenvalue weighted by molar-refractivity contribution is 6.03. The second-order valence-corrected chi connectivity index (χ2v) is 6.49. The monoisotopic (exact) mass is 327 g/mol. The number of fused-ring (bicyclic) bond motifs is 3. The number of H-pyrrole nitrogens is 1. The van der Waals surface area contributed by atoms with Gasteiger partial charge in [0.2, 0.25) is 5.91 Å². The number of aromatic amines is 1. The number of nitrogen functional groups attached to an aromatic ring is 1. The minimum Gasteiger partial charge on any atom is -0.380 e. The average Bonchev–Trinajstić information content (AvgIpc) is 3.19. The highest BCUT2D eigenvalue weighted by atomic mass is 16.2. The van der Waals surface area contributed by atoms with Gasteiger partial charge in [0, 0.05) is 31.1 Å². The molecule has 126 valence electrons. The molecule has 3 aromatic rings. The Kier molecular flexibility index (Phi) is 3.40. The van der Waals surface area contributed by atoms with Gasteiger partial charge in [-0.25, -0.2) is 0 Å². The van der Waals surface area contributed by atoms with E-state index in [1.165, 1.54) is 0 Å². The van der Waals surface area contributed by atoms with Crippen LogP contribution in [0.3, 0.4) is 0 Å². The molecular formula is C16H21N7O. The first-order valence-electron chi connectivity index (χ1n) is 8.35. The summed E-state index contributed by atoms with van der Waals surface area (Å²) in [6, 6.07) is 2.04. The van der Waals surface area contributed by atoms with Gasteiger partial charge in [-0.15, -0.1) is 10.2 Å². The minimum absolute atomic E-state index is 0.0800. The second-order valence-electron chi connectivity index (χ2n) is 6.49. The summed E-state index contributed by atoms with van der Waals surface area (Å²) in [5.74, 6) is 0.963. The molecule has 3 N–H and O–H groups in total. The third-order valence-electron chi connectivity index (χ3n) is 5.03. The SMILES string of the molecule is CCC(=O)N1CCC(C)C(n2nc(N)c3nnc4[nH]ccc4c32)C1. The standard InChI is InChI=1S/C16H21N7O/c1-3-12(24)22-7-5-9(2)11(8-22)23-14-10-4-6-18-16(10)20-19-13(14)15(17)21-23/h4,6,9,11H,3,5,7-8H2,1-2H3,(H2,17,21)(H,18,20). The van der Waals surface area contributed by atoms with E-state index < -0.39 is 0 Å². The Labute approximate surface area is 139 Å². The lowest BCUT2D eigenvalue weighted by Gasteiger charge is -2.37. The zero-order chi connectivity index (χ0) is 16.8. The summed E-state index contributed by atoms with van der Waals surface area (Å²) in [4.78, 5) is 17.1. The normalized spacial score (nSPS) is 21.7. The Hall–Kier alpha value is -2.64. The van der Waals surface area contributed by atoms with E-state index in [1.807, 2.05) is 28.8 Å². The fraction of sp³-hybridized carbons (Fsp3) is 0.500. The van der Waals surface area contributed by atoms with Gasteiger partial charge < -0.3 is 15.6 Å². The summed E-state index contributed by atoms with van der Waals surface area (Å²) in [6.07, 6.45) is 3.31. The van der Waals surface area contributed by atoms with E-state index in [1.54, 1.807) is 0 Å². The van der Waals surface area contributed by atoms with Gasteiger partial charge in [0.1, 0.15) is 5.52 Å². The van der Waals surface area contributed by atoms with Crippen LogP contribution < -0.4 is 5.73 Å². The number of rotatable bonds is 2. The largest absolute Gasteiger partial charge is 0.380 e. The number of nitrogens with one attached hydrogen (secondary N) is 1. The van der Waals surface area contributed by atoms with Crippen molar-refractivity contribution in [2.75, 3.05) is 18.8 Å². The lowest BCUT2D eigenvalue weighted by Crippen LogP contribution is -2.44. The van der Waals surface area contributed by atoms with Crippen molar-refractivity contribution < 1.29 is 4.79 Å². The van der Waals surface area contributed by atoms with Crippen molar-refractivity contribution in [3.63, 3.8) is 0 Å². The van der Waals surface area contributed by atoms with E-state index in [2.05, 4.69) is 27.2 Å². The van der Waals surface area contributed by atoms with Crippen LogP contribution in [0.1, 0.15) is 32.7 Å². The maximum absolute atomic E-state index is 12.1. The van der Waals surface area contributed by atoms with E-state index >= 15 is 0 Å². The fourth-order valence-electron chi connectivity index (χ4n) is 3.58. The molecule has 0 spiro atoms. The van der Waals surface area contributed by atoms with Crippen molar-refractivity contribution >= 4 is 33.8 Å². The van der Waals surface area contributed by atoms with Crippen molar-refractivity contribution in [1.82, 2.24) is 29.9 Å². The van der Waals surface area contributed by atoms with Crippen LogP contribution in [0.4, 0.5) is 5.82 Å². The van der Waals surface area contributed by atoms with Gasteiger partial charge in [-0.2, -0.15) is 5.10 Å². The van der Waals surface area contributed by atoms with E-state index in [9.17, 15) is 4.79 Å². The molecule has 2 unspecified atom stereocenters. The number of carbonyl (C=O) groups is 1. The number of likely N-dealkylation sites (tertiary alicyclic amines) is 1. The number of hydrogen-bond acceptors (Lipinski definition) is 5. The Bertz CT molecular complexity index is 912. The molecule has 1 fully saturated rings. The Morgan fingerprint density at radius 2 is 2.29 bits per heavy atom. The summed E-state index contributed by atoms with van der Waals surface area (Å²) in [6.45, 7) is 5.55. The lowest BCUT2D eigenvalue weighted by molar-refractivity contribution is -0.133. The molecule has 0 aliphatic carbocycles. The molecule has 1 amide bonds. The molecule has 4 rings (SSSR count). The third-order valence-corrected chi connectivity index (χ3v) is 5.03. The maximum Gasteiger partial charge on any atom is 0.222 e. The van der Waals surface area contributed by atoms with Crippen molar-refractivity contribution in [3.8, 4) is 0 Å². The van der Waals surface area contributed by atoms with Crippen LogP contribution in [0.5, 0.6) is 0 Å². The molecule has 8 heteroatoms. The molecule has 2 atom stereocenters. The molecule has 8 nitrogen and oxygen atoms in total. The van der Waals surface area contributed by atoms with Crippen molar-refractivity contribution in [3.05, 3.63) is 12.3 Å². The van der Waals surface area contributed by atoms with E-state index in [0.29, 0.717) is 35.9 Å². The van der Waals surface area contributed by atoms with E-state index in [-0.39, 0.29) is 11.9 Å². The van der Waals surface area contributed by atoms with Crippen LogP contribution in [-0.4, -0.2) is 48.9 Å². The summed E-state index contributed by atoms with van der Waals surface area (Å²) in [7, 11) is 0. The quantitative estimate of drug-likeness (QED) is 0.745. The van der Waals surface area contributed by atoms with Crippen LogP contribution in [0, 0.1) is 5.92 Å². The molecule has 1 aliphatic heterocycles. The van der Waals surface area contributed by atoms with Gasteiger partial charge >= 0.3 is 0 Å². The first-order chi connectivity index (χ1) is 11.6. The molecule has 24 heavy (non-hydrogen) atoms. The zero-order valence-corrected chi connectivity index (χ0v) is 13.9. The molecule has 0 bridgehead atoms. The predicted octanol–water partition coefficient (Wildman–Crippen LogP) is 1.71. The van der Waals surface area contributed by atoms with Crippen LogP contribution in [0.2, 0.25) is 0 Å². The summed E-state index contributed by atoms with van der Waals surface area (Å²) >= 11 is 0. The first-order valence-corrected chi connectivity index (χ1v) is 8.35. The molecule has 1 aliphatic rings. The number of aromatic nitrogens is 5. The molecule has 1 saturated heterocycles. The summed E-state index contributed by atoms with van der Waals surface area (Å²) in [5.41, 5.74) is 8.31. The number of carbonyl (C=O) groups excluding carboxylic acids is 1. The van der Waals surface area contributed by atoms with Crippen LogP contribution in [-0.2, 0) is 4.79 Å². The highest BCUT2D eigenvalue weighted by Gasteiger charge is 2.32. The number of anilines is 1. The molecular weight excluding hydrogens is 306 g/mol. The number of amides is 1. The minimum atomic E-state index is 0.0800. The lowest BCUT2D eigenvalue weighted by atomic mass is 9.93. The average molecular weight is 327 g/mol. The highest BCUT2D eigenvalue weighted by Crippen LogP contribution is 2.34. The van der Waals surface area contributed by atoms with E-state index in [0.717, 1.165) is 23.9 Å². The number of nitrogens with two attached hydrogens (primary N) is 1. The van der Waals surface area contributed by atoms with Crippen LogP contribution in [0.25, 0.3) is 22.1 Å². The smallest absolute Gasteiger partial charge is 0.222 e. The second kappa shape index (κ2) is 5.47. The number of nitrogens with zero attached hydrogens (tertiary/aromatic N) is 5. The van der Waals surface area contributed by atoms with Crippen molar-refractivity contribution in [1.29, 1.82) is 0 Å². The summed E-state index contributed by atoms with van der Waals surface area (Å²) < 4.78 is 1.95. The maximum atomic E-state index is 12.1. The Morgan fingerprint density at radius 1 is 1.46 bits per heavy atom. The van der Waals surface area contributed by atoms with Crippen molar-refractivity contribution in [2.24, 2.45) is 5.92 Å². The van der Waals surface area contributed by atoms with Gasteiger partial charge in [0.05, 0.1) is 6.04 Å². The topological polar surface area (TPSA) is 106 Å². The zero-order valence-electron chi connectivity index (χ0n) is 13.9. The molecule has 0 radical (unpaired) electrons. The van der Waals surface area contributed by atoms with Gasteiger partial charge in [-0.05, 0) is 18.4 Å². The Balaban J connectivity index is 1.85. The molecule has 3 aromatic heterocycles. The predicted molar refractivity (Wildman–Crippen MR) is 91.3 cm³/mol. The van der Waals surface area contributed by atoms with Crippen LogP contribution >= 0.6 is 0 Å². The fourth-order valence-corrected chi connectivity index (χ4v) is 3.58. The molecule has 4 heterocycles. The number of piperidine rings is 1. The summed E-state index contributed by atoms with van der Waals surface area (Å²) in [5, 5.41) is 13.9. The van der Waals surface area contributed by atoms with Gasteiger partial charge in [0.15, 0.2) is 17.0 Å². The van der Waals surface area contributed by atoms with Gasteiger partial charge in [0.25, 0.3) is 0 Å². The molecule has 0 aromatic carbocycles. The Morgan fingerprint density at radius 3 is 3.08 bits per heavy atom.